The van der Waals surface area contributed by atoms with Crippen molar-refractivity contribution in [3.8, 4) is 5.75 Å². The van der Waals surface area contributed by atoms with Gasteiger partial charge in [-0.3, -0.25) is 4.79 Å². The Morgan fingerprint density at radius 2 is 1.72 bits per heavy atom. The molecule has 0 unspecified atom stereocenters. The molecule has 0 fully saturated rings. The quantitative estimate of drug-likeness (QED) is 0.500. The Morgan fingerprint density at radius 3 is 2.44 bits per heavy atom. The van der Waals surface area contributed by atoms with Crippen LogP contribution in [0.25, 0.3) is 10.8 Å². The summed E-state index contributed by atoms with van der Waals surface area (Å²) in [5, 5.41) is 4.76. The Balaban J connectivity index is 1.97. The maximum absolute atomic E-state index is 12.5. The number of benzene rings is 3. The number of unbranched alkanes of at least 4 members (excludes halogenated alkanes) is 1. The molecule has 3 aromatic carbocycles. The number of nitrogens with one attached hydrogen (secondary N) is 1. The highest BCUT2D eigenvalue weighted by Crippen LogP contribution is 2.37. The van der Waals surface area contributed by atoms with Crippen molar-refractivity contribution in [2.45, 2.75) is 19.8 Å². The van der Waals surface area contributed by atoms with Crippen LogP contribution >= 0.6 is 0 Å². The third kappa shape index (κ3) is 3.74. The van der Waals surface area contributed by atoms with Gasteiger partial charge in [-0.1, -0.05) is 55.8 Å². The minimum Gasteiger partial charge on any atom is -0.493 e. The molecule has 0 bridgehead atoms. The fraction of sp³-hybridized carbons (Fsp3) is 0.190. The van der Waals surface area contributed by atoms with Gasteiger partial charge in [0.15, 0.2) is 0 Å². The van der Waals surface area contributed by atoms with Gasteiger partial charge in [-0.05, 0) is 18.6 Å². The number of carbonyl (C=O) groups is 1. The monoisotopic (exact) mass is 334 g/mol. The van der Waals surface area contributed by atoms with Gasteiger partial charge in [0.1, 0.15) is 5.75 Å². The van der Waals surface area contributed by atoms with Gasteiger partial charge in [-0.15, -0.1) is 0 Å². The van der Waals surface area contributed by atoms with E-state index in [1.807, 2.05) is 42.5 Å². The number of rotatable bonds is 6. The van der Waals surface area contributed by atoms with E-state index in [4.69, 9.17) is 10.5 Å². The molecule has 0 atom stereocenters. The SMILES string of the molecule is CCCCOc1cc(N)c(NC(=O)c2ccccc2)c2ccccc12. The van der Waals surface area contributed by atoms with Crippen molar-refractivity contribution < 1.29 is 9.53 Å². The second-order valence-corrected chi connectivity index (χ2v) is 5.91. The average molecular weight is 334 g/mol. The molecule has 0 saturated carbocycles. The molecule has 0 spiro atoms. The lowest BCUT2D eigenvalue weighted by molar-refractivity contribution is 0.102. The predicted molar refractivity (Wildman–Crippen MR) is 103 cm³/mol. The molecule has 0 aliphatic carbocycles. The Bertz CT molecular complexity index is 876. The molecular formula is C21H22N2O2. The largest absolute Gasteiger partial charge is 0.493 e. The van der Waals surface area contributed by atoms with E-state index in [-0.39, 0.29) is 5.91 Å². The summed E-state index contributed by atoms with van der Waals surface area (Å²) in [5.74, 6) is 0.566. The van der Waals surface area contributed by atoms with Crippen LogP contribution in [0.3, 0.4) is 0 Å². The highest BCUT2D eigenvalue weighted by molar-refractivity contribution is 6.13. The summed E-state index contributed by atoms with van der Waals surface area (Å²) in [4.78, 5) is 12.5. The second kappa shape index (κ2) is 7.71. The van der Waals surface area contributed by atoms with Crippen molar-refractivity contribution in [1.29, 1.82) is 0 Å². The Kier molecular flexibility index (Phi) is 5.19. The van der Waals surface area contributed by atoms with Gasteiger partial charge < -0.3 is 15.8 Å². The molecule has 3 aromatic rings. The summed E-state index contributed by atoms with van der Waals surface area (Å²) in [6.45, 7) is 2.77. The zero-order chi connectivity index (χ0) is 17.6. The van der Waals surface area contributed by atoms with Crippen LogP contribution in [0.1, 0.15) is 30.1 Å². The Morgan fingerprint density at radius 1 is 1.04 bits per heavy atom. The molecular weight excluding hydrogens is 312 g/mol. The van der Waals surface area contributed by atoms with Gasteiger partial charge in [-0.25, -0.2) is 0 Å². The topological polar surface area (TPSA) is 64.3 Å². The maximum Gasteiger partial charge on any atom is 0.255 e. The van der Waals surface area contributed by atoms with Crippen molar-refractivity contribution in [1.82, 2.24) is 0 Å². The van der Waals surface area contributed by atoms with Crippen LogP contribution in [0.15, 0.2) is 60.7 Å². The van der Waals surface area contributed by atoms with Crippen molar-refractivity contribution in [2.75, 3.05) is 17.7 Å². The van der Waals surface area contributed by atoms with Gasteiger partial charge in [0, 0.05) is 22.4 Å². The Labute approximate surface area is 147 Å². The van der Waals surface area contributed by atoms with Gasteiger partial charge in [0.25, 0.3) is 5.91 Å². The fourth-order valence-corrected chi connectivity index (χ4v) is 2.72. The van der Waals surface area contributed by atoms with Crippen LogP contribution in [0.4, 0.5) is 11.4 Å². The lowest BCUT2D eigenvalue weighted by atomic mass is 10.1. The fourth-order valence-electron chi connectivity index (χ4n) is 2.72. The van der Waals surface area contributed by atoms with Crippen molar-refractivity contribution in [3.63, 3.8) is 0 Å². The summed E-state index contributed by atoms with van der Waals surface area (Å²) in [6, 6.07) is 18.7. The number of hydrogen-bond acceptors (Lipinski definition) is 3. The van der Waals surface area contributed by atoms with Crippen LogP contribution in [0.5, 0.6) is 5.75 Å². The first kappa shape index (κ1) is 16.8. The Hall–Kier alpha value is -3.01. The summed E-state index contributed by atoms with van der Waals surface area (Å²) in [5.41, 5.74) is 7.93. The zero-order valence-corrected chi connectivity index (χ0v) is 14.3. The molecule has 3 rings (SSSR count). The number of carbonyl (C=O) groups excluding carboxylic acids is 1. The van der Waals surface area contributed by atoms with E-state index >= 15 is 0 Å². The number of nitrogen functional groups attached to an aromatic ring is 1. The molecule has 0 aliphatic rings. The van der Waals surface area contributed by atoms with Crippen LogP contribution in [-0.2, 0) is 0 Å². The number of fused-ring (bicyclic) bond motifs is 1. The first-order chi connectivity index (χ1) is 12.2. The maximum atomic E-state index is 12.5. The smallest absolute Gasteiger partial charge is 0.255 e. The lowest BCUT2D eigenvalue weighted by Gasteiger charge is -2.16. The van der Waals surface area contributed by atoms with Gasteiger partial charge in [0.2, 0.25) is 0 Å². The number of anilines is 2. The van der Waals surface area contributed by atoms with Crippen LogP contribution in [-0.4, -0.2) is 12.5 Å². The molecule has 0 aliphatic heterocycles. The van der Waals surface area contributed by atoms with Crippen molar-refractivity contribution >= 4 is 28.1 Å². The molecule has 0 saturated heterocycles. The number of ether oxygens (including phenoxy) is 1. The van der Waals surface area contributed by atoms with Gasteiger partial charge in [-0.2, -0.15) is 0 Å². The van der Waals surface area contributed by atoms with E-state index in [1.165, 1.54) is 0 Å². The lowest BCUT2D eigenvalue weighted by Crippen LogP contribution is -2.13. The molecule has 128 valence electrons. The third-order valence-corrected chi connectivity index (χ3v) is 4.07. The molecule has 3 N–H and O–H groups in total. The highest BCUT2D eigenvalue weighted by Gasteiger charge is 2.14. The third-order valence-electron chi connectivity index (χ3n) is 4.07. The molecule has 25 heavy (non-hydrogen) atoms. The number of nitrogens with two attached hydrogens (primary N) is 1. The summed E-state index contributed by atoms with van der Waals surface area (Å²) >= 11 is 0. The summed E-state index contributed by atoms with van der Waals surface area (Å²) in [6.07, 6.45) is 2.05. The van der Waals surface area contributed by atoms with Gasteiger partial charge >= 0.3 is 0 Å². The minimum atomic E-state index is -0.183. The second-order valence-electron chi connectivity index (χ2n) is 5.91. The first-order valence-electron chi connectivity index (χ1n) is 8.51. The standard InChI is InChI=1S/C21H22N2O2/c1-2-3-13-25-19-14-18(22)20(17-12-8-7-11-16(17)19)23-21(24)15-9-5-4-6-10-15/h4-12,14H,2-3,13,22H2,1H3,(H,23,24). The van der Waals surface area contributed by atoms with Crippen molar-refractivity contribution in [2.24, 2.45) is 0 Å². The highest BCUT2D eigenvalue weighted by atomic mass is 16.5. The van der Waals surface area contributed by atoms with Gasteiger partial charge in [0.05, 0.1) is 18.0 Å². The van der Waals surface area contributed by atoms with E-state index < -0.39 is 0 Å². The van der Waals surface area contributed by atoms with E-state index in [0.29, 0.717) is 23.5 Å². The van der Waals surface area contributed by atoms with Crippen LogP contribution in [0.2, 0.25) is 0 Å². The molecule has 0 heterocycles. The van der Waals surface area contributed by atoms with E-state index in [0.717, 1.165) is 29.4 Å². The van der Waals surface area contributed by atoms with Crippen molar-refractivity contribution in [3.05, 3.63) is 66.2 Å². The number of hydrogen-bond donors (Lipinski definition) is 2. The van der Waals surface area contributed by atoms with Crippen LogP contribution in [0, 0.1) is 0 Å². The van der Waals surface area contributed by atoms with E-state index in [9.17, 15) is 4.79 Å². The molecule has 1 amide bonds. The minimum absolute atomic E-state index is 0.183. The predicted octanol–water partition coefficient (Wildman–Crippen LogP) is 4.85. The average Bonchev–Trinajstić information content (AvgIpc) is 2.65. The molecule has 4 nitrogen and oxygen atoms in total. The summed E-state index contributed by atoms with van der Waals surface area (Å²) in [7, 11) is 0. The summed E-state index contributed by atoms with van der Waals surface area (Å²) < 4.78 is 5.89. The molecule has 0 aromatic heterocycles. The van der Waals surface area contributed by atoms with E-state index in [2.05, 4.69) is 12.2 Å². The molecule has 0 radical (unpaired) electrons. The normalized spacial score (nSPS) is 10.6. The van der Waals surface area contributed by atoms with Crippen LogP contribution < -0.4 is 15.8 Å². The first-order valence-corrected chi connectivity index (χ1v) is 8.51. The zero-order valence-electron chi connectivity index (χ0n) is 14.3. The van der Waals surface area contributed by atoms with E-state index in [1.54, 1.807) is 18.2 Å². The molecule has 4 heteroatoms. The number of amides is 1.